The quantitative estimate of drug-likeness (QED) is 0.761. The van der Waals surface area contributed by atoms with Gasteiger partial charge in [0.15, 0.2) is 0 Å². The van der Waals surface area contributed by atoms with Gasteiger partial charge in [-0.3, -0.25) is 0 Å². The van der Waals surface area contributed by atoms with Gasteiger partial charge in [0.1, 0.15) is 17.1 Å². The van der Waals surface area contributed by atoms with E-state index in [-0.39, 0.29) is 18.1 Å². The van der Waals surface area contributed by atoms with Crippen LogP contribution in [0.1, 0.15) is 54.0 Å². The van der Waals surface area contributed by atoms with Crippen molar-refractivity contribution in [3.05, 3.63) is 23.3 Å². The largest absolute Gasteiger partial charge is 0.462 e. The number of alkyl halides is 2. The minimum atomic E-state index is -2.80. The lowest BCUT2D eigenvalue weighted by atomic mass is 10.2. The van der Waals surface area contributed by atoms with Crippen LogP contribution in [0.15, 0.2) is 6.20 Å². The van der Waals surface area contributed by atoms with Crippen molar-refractivity contribution in [2.45, 2.75) is 32.1 Å². The number of aromatic nitrogens is 2. The number of ether oxygens (including phenoxy) is 1. The van der Waals surface area contributed by atoms with E-state index in [1.165, 1.54) is 0 Å². The van der Waals surface area contributed by atoms with Crippen LogP contribution >= 0.6 is 0 Å². The number of hydrogen-bond donors (Lipinski definition) is 0. The van der Waals surface area contributed by atoms with E-state index in [9.17, 15) is 13.6 Å². The van der Waals surface area contributed by atoms with Gasteiger partial charge in [-0.2, -0.15) is 0 Å². The molecule has 92 valence electrons. The van der Waals surface area contributed by atoms with E-state index in [4.69, 9.17) is 0 Å². The fourth-order valence-electron chi connectivity index (χ4n) is 1.48. The van der Waals surface area contributed by atoms with Gasteiger partial charge >= 0.3 is 5.97 Å². The van der Waals surface area contributed by atoms with Gasteiger partial charge in [-0.15, -0.1) is 0 Å². The molecule has 4 nitrogen and oxygen atoms in total. The number of rotatable bonds is 4. The molecule has 0 aromatic carbocycles. The summed E-state index contributed by atoms with van der Waals surface area (Å²) in [5.74, 6) is -0.234. The SMILES string of the molecule is CCOC(=O)c1cnc(C2CC2)nc1C(F)F. The molecule has 1 heterocycles. The topological polar surface area (TPSA) is 52.1 Å². The van der Waals surface area contributed by atoms with Crippen LogP contribution in [0.4, 0.5) is 8.78 Å². The minimum absolute atomic E-state index is 0.131. The van der Waals surface area contributed by atoms with Gasteiger partial charge in [-0.1, -0.05) is 0 Å². The Morgan fingerprint density at radius 3 is 2.82 bits per heavy atom. The van der Waals surface area contributed by atoms with E-state index >= 15 is 0 Å². The lowest BCUT2D eigenvalue weighted by Gasteiger charge is -2.08. The zero-order chi connectivity index (χ0) is 12.4. The zero-order valence-corrected chi connectivity index (χ0v) is 9.32. The van der Waals surface area contributed by atoms with Gasteiger partial charge < -0.3 is 4.74 Å². The number of esters is 1. The molecule has 0 atom stereocenters. The summed E-state index contributed by atoms with van der Waals surface area (Å²) in [4.78, 5) is 19.1. The predicted octanol–water partition coefficient (Wildman–Crippen LogP) is 2.47. The molecule has 17 heavy (non-hydrogen) atoms. The summed E-state index contributed by atoms with van der Waals surface area (Å²) in [6.07, 6.45) is 0.179. The second kappa shape index (κ2) is 4.73. The van der Waals surface area contributed by atoms with Crippen molar-refractivity contribution < 1.29 is 18.3 Å². The molecule has 0 radical (unpaired) electrons. The average Bonchev–Trinajstić information content (AvgIpc) is 3.12. The van der Waals surface area contributed by atoms with Crippen LogP contribution in [-0.2, 0) is 4.74 Å². The smallest absolute Gasteiger partial charge is 0.341 e. The van der Waals surface area contributed by atoms with Crippen LogP contribution in [0.2, 0.25) is 0 Å². The van der Waals surface area contributed by atoms with Crippen molar-refractivity contribution in [2.75, 3.05) is 6.61 Å². The molecule has 1 aliphatic carbocycles. The molecule has 1 aliphatic rings. The maximum absolute atomic E-state index is 12.8. The number of halogens is 2. The lowest BCUT2D eigenvalue weighted by Crippen LogP contribution is -2.12. The number of nitrogens with zero attached hydrogens (tertiary/aromatic N) is 2. The lowest BCUT2D eigenvalue weighted by molar-refractivity contribution is 0.0512. The van der Waals surface area contributed by atoms with Crippen molar-refractivity contribution in [1.29, 1.82) is 0 Å². The van der Waals surface area contributed by atoms with Crippen LogP contribution in [0, 0.1) is 0 Å². The normalized spacial score (nSPS) is 15.1. The monoisotopic (exact) mass is 242 g/mol. The number of hydrogen-bond acceptors (Lipinski definition) is 4. The molecular formula is C11H12F2N2O2. The van der Waals surface area contributed by atoms with Crippen LogP contribution in [0.25, 0.3) is 0 Å². The highest BCUT2D eigenvalue weighted by atomic mass is 19.3. The summed E-state index contributed by atoms with van der Waals surface area (Å²) in [5, 5.41) is 0. The molecule has 2 rings (SSSR count). The maximum atomic E-state index is 12.8. The first-order valence-corrected chi connectivity index (χ1v) is 5.45. The Morgan fingerprint density at radius 2 is 2.29 bits per heavy atom. The van der Waals surface area contributed by atoms with Gasteiger partial charge in [-0.05, 0) is 19.8 Å². The zero-order valence-electron chi connectivity index (χ0n) is 9.32. The van der Waals surface area contributed by atoms with Crippen molar-refractivity contribution in [3.63, 3.8) is 0 Å². The molecule has 0 saturated heterocycles. The summed E-state index contributed by atoms with van der Waals surface area (Å²) in [6.45, 7) is 1.74. The molecule has 6 heteroatoms. The van der Waals surface area contributed by atoms with E-state index < -0.39 is 18.1 Å². The molecule has 1 fully saturated rings. The summed E-state index contributed by atoms with van der Waals surface area (Å²) in [5.41, 5.74) is -0.772. The first kappa shape index (κ1) is 11.9. The fourth-order valence-corrected chi connectivity index (χ4v) is 1.48. The standard InChI is InChI=1S/C11H12F2N2O2/c1-2-17-11(16)7-5-14-10(6-3-4-6)15-8(7)9(12)13/h5-6,9H,2-4H2,1H3. The summed E-state index contributed by atoms with van der Waals surface area (Å²) in [6, 6.07) is 0. The Morgan fingerprint density at radius 1 is 1.59 bits per heavy atom. The van der Waals surface area contributed by atoms with Gasteiger partial charge in [0.2, 0.25) is 0 Å². The Labute approximate surface area is 97.0 Å². The Balaban J connectivity index is 2.33. The highest BCUT2D eigenvalue weighted by molar-refractivity contribution is 5.90. The molecule has 0 aliphatic heterocycles. The minimum Gasteiger partial charge on any atom is -0.462 e. The van der Waals surface area contributed by atoms with Crippen LogP contribution in [-0.4, -0.2) is 22.5 Å². The van der Waals surface area contributed by atoms with Crippen molar-refractivity contribution in [3.8, 4) is 0 Å². The van der Waals surface area contributed by atoms with Gasteiger partial charge in [0.25, 0.3) is 6.43 Å². The first-order valence-electron chi connectivity index (χ1n) is 5.45. The summed E-state index contributed by atoms with van der Waals surface area (Å²) in [7, 11) is 0. The molecule has 0 N–H and O–H groups in total. The van der Waals surface area contributed by atoms with Gasteiger partial charge in [0, 0.05) is 12.1 Å². The van der Waals surface area contributed by atoms with Gasteiger partial charge in [0.05, 0.1) is 6.61 Å². The van der Waals surface area contributed by atoms with E-state index in [0.717, 1.165) is 19.0 Å². The summed E-state index contributed by atoms with van der Waals surface area (Å²) < 4.78 is 30.3. The van der Waals surface area contributed by atoms with E-state index in [0.29, 0.717) is 5.82 Å². The highest BCUT2D eigenvalue weighted by Gasteiger charge is 2.30. The first-order chi connectivity index (χ1) is 8.13. The Hall–Kier alpha value is -1.59. The average molecular weight is 242 g/mol. The molecule has 1 aromatic heterocycles. The van der Waals surface area contributed by atoms with Crippen molar-refractivity contribution >= 4 is 5.97 Å². The van der Waals surface area contributed by atoms with Crippen LogP contribution in [0.5, 0.6) is 0 Å². The molecule has 0 unspecified atom stereocenters. The van der Waals surface area contributed by atoms with Crippen molar-refractivity contribution in [1.82, 2.24) is 9.97 Å². The molecule has 0 amide bonds. The third kappa shape index (κ3) is 2.57. The molecule has 1 aromatic rings. The van der Waals surface area contributed by atoms with E-state index in [1.807, 2.05) is 0 Å². The molecule has 0 bridgehead atoms. The third-order valence-electron chi connectivity index (χ3n) is 2.48. The van der Waals surface area contributed by atoms with Crippen molar-refractivity contribution in [2.24, 2.45) is 0 Å². The number of carbonyl (C=O) groups excluding carboxylic acids is 1. The van der Waals surface area contributed by atoms with E-state index in [1.54, 1.807) is 6.92 Å². The predicted molar refractivity (Wildman–Crippen MR) is 54.9 cm³/mol. The van der Waals surface area contributed by atoms with Crippen LogP contribution < -0.4 is 0 Å². The molecule has 0 spiro atoms. The molecular weight excluding hydrogens is 230 g/mol. The fraction of sp³-hybridized carbons (Fsp3) is 0.545. The third-order valence-corrected chi connectivity index (χ3v) is 2.48. The second-order valence-electron chi connectivity index (χ2n) is 3.82. The van der Waals surface area contributed by atoms with E-state index in [2.05, 4.69) is 14.7 Å². The van der Waals surface area contributed by atoms with Crippen LogP contribution in [0.3, 0.4) is 0 Å². The molecule has 1 saturated carbocycles. The number of carbonyl (C=O) groups is 1. The Kier molecular flexibility index (Phi) is 3.31. The van der Waals surface area contributed by atoms with Gasteiger partial charge in [-0.25, -0.2) is 23.5 Å². The maximum Gasteiger partial charge on any atom is 0.341 e. The second-order valence-corrected chi connectivity index (χ2v) is 3.82. The highest BCUT2D eigenvalue weighted by Crippen LogP contribution is 2.38. The Bertz CT molecular complexity index is 433. The summed E-state index contributed by atoms with van der Waals surface area (Å²) >= 11 is 0.